The van der Waals surface area contributed by atoms with Crippen LogP contribution in [0.25, 0.3) is 22.3 Å². The van der Waals surface area contributed by atoms with Gasteiger partial charge in [-0.25, -0.2) is 9.67 Å². The van der Waals surface area contributed by atoms with E-state index in [9.17, 15) is 4.79 Å². The van der Waals surface area contributed by atoms with Crippen LogP contribution in [0.3, 0.4) is 0 Å². The van der Waals surface area contributed by atoms with Gasteiger partial charge in [-0.2, -0.15) is 5.10 Å². The molecule has 5 heteroatoms. The highest BCUT2D eigenvalue weighted by atomic mass is 16.2. The number of hydrogen-bond acceptors (Lipinski definition) is 3. The van der Waals surface area contributed by atoms with Crippen LogP contribution >= 0.6 is 0 Å². The van der Waals surface area contributed by atoms with Gasteiger partial charge in [-0.05, 0) is 51.5 Å². The second-order valence-corrected chi connectivity index (χ2v) is 7.68. The lowest BCUT2D eigenvalue weighted by atomic mass is 10.0. The summed E-state index contributed by atoms with van der Waals surface area (Å²) in [6.07, 6.45) is 1.76. The van der Waals surface area contributed by atoms with Crippen molar-refractivity contribution in [3.05, 3.63) is 78.0 Å². The predicted molar refractivity (Wildman–Crippen MR) is 122 cm³/mol. The molecule has 4 rings (SSSR count). The summed E-state index contributed by atoms with van der Waals surface area (Å²) in [6.45, 7) is 8.76. The molecule has 4 aromatic rings. The van der Waals surface area contributed by atoms with Crippen molar-refractivity contribution in [2.24, 2.45) is 0 Å². The fourth-order valence-corrected chi connectivity index (χ4v) is 3.77. The standard InChI is InChI=1S/C25H26N4O/c1-5-28(19-12-7-6-8-13-19)25(30)21-15-23(20-14-10-9-11-18(20)4)27-24-22(21)16-26-29(24)17(2)3/h6-17H,5H2,1-4H3. The fraction of sp³-hybridized carbons (Fsp3) is 0.240. The van der Waals surface area contributed by atoms with Gasteiger partial charge >= 0.3 is 0 Å². The van der Waals surface area contributed by atoms with Gasteiger partial charge in [0.05, 0.1) is 22.8 Å². The molecule has 2 heterocycles. The average Bonchev–Trinajstić information content (AvgIpc) is 3.19. The first-order valence-corrected chi connectivity index (χ1v) is 10.3. The summed E-state index contributed by atoms with van der Waals surface area (Å²) in [4.78, 5) is 20.4. The van der Waals surface area contributed by atoms with Gasteiger partial charge in [0.1, 0.15) is 0 Å². The minimum absolute atomic E-state index is 0.0470. The van der Waals surface area contributed by atoms with E-state index in [-0.39, 0.29) is 11.9 Å². The Morgan fingerprint density at radius 2 is 1.77 bits per heavy atom. The summed E-state index contributed by atoms with van der Waals surface area (Å²) in [5.41, 5.74) is 5.16. The van der Waals surface area contributed by atoms with Crippen molar-refractivity contribution < 1.29 is 4.79 Å². The smallest absolute Gasteiger partial charge is 0.259 e. The van der Waals surface area contributed by atoms with E-state index in [0.29, 0.717) is 12.1 Å². The molecule has 0 saturated heterocycles. The first kappa shape index (κ1) is 19.8. The molecule has 0 bridgehead atoms. The van der Waals surface area contributed by atoms with Crippen LogP contribution in [0.2, 0.25) is 0 Å². The third-order valence-electron chi connectivity index (χ3n) is 5.34. The zero-order valence-electron chi connectivity index (χ0n) is 17.8. The van der Waals surface area contributed by atoms with Crippen LogP contribution in [0.4, 0.5) is 5.69 Å². The molecule has 0 N–H and O–H groups in total. The number of pyridine rings is 1. The number of rotatable bonds is 5. The maximum absolute atomic E-state index is 13.7. The van der Waals surface area contributed by atoms with Crippen LogP contribution in [-0.4, -0.2) is 27.2 Å². The molecule has 0 aliphatic heterocycles. The molecule has 0 unspecified atom stereocenters. The fourth-order valence-electron chi connectivity index (χ4n) is 3.77. The molecular weight excluding hydrogens is 372 g/mol. The van der Waals surface area contributed by atoms with Crippen LogP contribution in [-0.2, 0) is 0 Å². The Morgan fingerprint density at radius 1 is 1.07 bits per heavy atom. The lowest BCUT2D eigenvalue weighted by Gasteiger charge is -2.22. The molecule has 0 fully saturated rings. The van der Waals surface area contributed by atoms with Crippen molar-refractivity contribution in [1.29, 1.82) is 0 Å². The maximum Gasteiger partial charge on any atom is 0.259 e. The van der Waals surface area contributed by atoms with Crippen LogP contribution in [0.15, 0.2) is 66.9 Å². The Morgan fingerprint density at radius 3 is 2.43 bits per heavy atom. The van der Waals surface area contributed by atoms with Crippen molar-refractivity contribution in [3.8, 4) is 11.3 Å². The number of carbonyl (C=O) groups excluding carboxylic acids is 1. The van der Waals surface area contributed by atoms with Gasteiger partial charge in [0.15, 0.2) is 5.65 Å². The Bertz CT molecular complexity index is 1190. The van der Waals surface area contributed by atoms with E-state index in [1.54, 1.807) is 11.1 Å². The highest BCUT2D eigenvalue weighted by molar-refractivity contribution is 6.13. The molecule has 5 nitrogen and oxygen atoms in total. The Hall–Kier alpha value is -3.47. The van der Waals surface area contributed by atoms with E-state index in [1.165, 1.54) is 0 Å². The number of carbonyl (C=O) groups is 1. The zero-order chi connectivity index (χ0) is 21.3. The number of aryl methyl sites for hydroxylation is 1. The lowest BCUT2D eigenvalue weighted by molar-refractivity contribution is 0.0990. The summed E-state index contributed by atoms with van der Waals surface area (Å²) >= 11 is 0. The van der Waals surface area contributed by atoms with Crippen LogP contribution < -0.4 is 4.90 Å². The first-order chi connectivity index (χ1) is 14.5. The molecule has 2 aromatic heterocycles. The van der Waals surface area contributed by atoms with Crippen molar-refractivity contribution in [2.45, 2.75) is 33.7 Å². The van der Waals surface area contributed by atoms with Gasteiger partial charge < -0.3 is 4.90 Å². The average molecular weight is 399 g/mol. The highest BCUT2D eigenvalue weighted by Gasteiger charge is 2.23. The number of nitrogens with zero attached hydrogens (tertiary/aromatic N) is 4. The number of aromatic nitrogens is 3. The molecule has 0 radical (unpaired) electrons. The Labute approximate surface area is 177 Å². The lowest BCUT2D eigenvalue weighted by Crippen LogP contribution is -2.30. The monoisotopic (exact) mass is 398 g/mol. The van der Waals surface area contributed by atoms with E-state index in [1.807, 2.05) is 66.2 Å². The minimum Gasteiger partial charge on any atom is -0.309 e. The Balaban J connectivity index is 1.94. The van der Waals surface area contributed by atoms with Crippen LogP contribution in [0.1, 0.15) is 42.7 Å². The number of benzene rings is 2. The molecule has 0 atom stereocenters. The van der Waals surface area contributed by atoms with E-state index in [0.717, 1.165) is 33.5 Å². The highest BCUT2D eigenvalue weighted by Crippen LogP contribution is 2.29. The first-order valence-electron chi connectivity index (χ1n) is 10.3. The quantitative estimate of drug-likeness (QED) is 0.436. The molecule has 2 aromatic carbocycles. The normalized spacial score (nSPS) is 11.2. The van der Waals surface area contributed by atoms with Crippen molar-refractivity contribution in [1.82, 2.24) is 14.8 Å². The zero-order valence-corrected chi connectivity index (χ0v) is 17.8. The molecule has 152 valence electrons. The summed E-state index contributed by atoms with van der Waals surface area (Å²) in [5.74, 6) is -0.0470. The van der Waals surface area contributed by atoms with Gasteiger partial charge in [0, 0.05) is 23.8 Å². The van der Waals surface area contributed by atoms with Gasteiger partial charge in [0.25, 0.3) is 5.91 Å². The third kappa shape index (κ3) is 3.47. The summed E-state index contributed by atoms with van der Waals surface area (Å²) in [5, 5.41) is 5.31. The number of amides is 1. The summed E-state index contributed by atoms with van der Waals surface area (Å²) < 4.78 is 1.88. The largest absolute Gasteiger partial charge is 0.309 e. The van der Waals surface area contributed by atoms with Gasteiger partial charge in [-0.15, -0.1) is 0 Å². The Kier molecular flexibility index (Phi) is 5.36. The summed E-state index contributed by atoms with van der Waals surface area (Å²) in [7, 11) is 0. The summed E-state index contributed by atoms with van der Waals surface area (Å²) in [6, 6.07) is 19.9. The second-order valence-electron chi connectivity index (χ2n) is 7.68. The van der Waals surface area contributed by atoms with E-state index >= 15 is 0 Å². The second kappa shape index (κ2) is 8.11. The minimum atomic E-state index is -0.0470. The van der Waals surface area contributed by atoms with Gasteiger partial charge in [-0.3, -0.25) is 4.79 Å². The molecular formula is C25H26N4O. The molecule has 30 heavy (non-hydrogen) atoms. The van der Waals surface area contributed by atoms with Crippen molar-refractivity contribution in [2.75, 3.05) is 11.4 Å². The van der Waals surface area contributed by atoms with E-state index in [2.05, 4.69) is 31.9 Å². The number of anilines is 1. The van der Waals surface area contributed by atoms with Gasteiger partial charge in [0.2, 0.25) is 0 Å². The molecule has 0 aliphatic carbocycles. The van der Waals surface area contributed by atoms with E-state index < -0.39 is 0 Å². The molecule has 1 amide bonds. The number of hydrogen-bond donors (Lipinski definition) is 0. The van der Waals surface area contributed by atoms with Crippen LogP contribution in [0, 0.1) is 6.92 Å². The number of para-hydroxylation sites is 1. The van der Waals surface area contributed by atoms with Gasteiger partial charge in [-0.1, -0.05) is 42.5 Å². The third-order valence-corrected chi connectivity index (χ3v) is 5.34. The predicted octanol–water partition coefficient (Wildman–Crippen LogP) is 5.65. The topological polar surface area (TPSA) is 51.0 Å². The molecule has 0 saturated carbocycles. The number of fused-ring (bicyclic) bond motifs is 1. The van der Waals surface area contributed by atoms with Crippen molar-refractivity contribution in [3.63, 3.8) is 0 Å². The van der Waals surface area contributed by atoms with Crippen molar-refractivity contribution >= 4 is 22.6 Å². The molecule has 0 aliphatic rings. The van der Waals surface area contributed by atoms with E-state index in [4.69, 9.17) is 4.98 Å². The molecule has 0 spiro atoms. The van der Waals surface area contributed by atoms with Crippen LogP contribution in [0.5, 0.6) is 0 Å². The SMILES string of the molecule is CCN(C(=O)c1cc(-c2ccccc2C)nc2c1cnn2C(C)C)c1ccccc1. The maximum atomic E-state index is 13.7.